The van der Waals surface area contributed by atoms with Gasteiger partial charge >= 0.3 is 0 Å². The van der Waals surface area contributed by atoms with Crippen LogP contribution in [0.2, 0.25) is 0 Å². The smallest absolute Gasteiger partial charge is 0.00669 e. The van der Waals surface area contributed by atoms with Crippen molar-refractivity contribution in [2.24, 2.45) is 11.8 Å². The molecule has 0 aliphatic heterocycles. The van der Waals surface area contributed by atoms with E-state index in [0.29, 0.717) is 0 Å². The van der Waals surface area contributed by atoms with Crippen LogP contribution in [0.4, 0.5) is 0 Å². The van der Waals surface area contributed by atoms with E-state index in [0.717, 1.165) is 17.9 Å². The third kappa shape index (κ3) is 3.48. The quantitative estimate of drug-likeness (QED) is 0.727. The molecule has 0 aromatic heterocycles. The first kappa shape index (κ1) is 11.4. The lowest BCUT2D eigenvalue weighted by Gasteiger charge is -2.32. The first-order valence-electron chi connectivity index (χ1n) is 7.09. The second-order valence-electron chi connectivity index (χ2n) is 5.73. The normalized spacial score (nSPS) is 26.2. The second-order valence-corrected chi connectivity index (χ2v) is 5.73. The zero-order valence-corrected chi connectivity index (χ0v) is 10.3. The average molecular weight is 209 g/mol. The molecule has 0 heterocycles. The molecule has 0 spiro atoms. The van der Waals surface area contributed by atoms with Gasteiger partial charge in [0.2, 0.25) is 0 Å². The Labute approximate surface area is 95.0 Å². The summed E-state index contributed by atoms with van der Waals surface area (Å²) >= 11 is 0. The van der Waals surface area contributed by atoms with Gasteiger partial charge in [0, 0.05) is 6.04 Å². The van der Waals surface area contributed by atoms with Crippen LogP contribution >= 0.6 is 0 Å². The first-order valence-corrected chi connectivity index (χ1v) is 7.09. The first-order chi connectivity index (χ1) is 7.36. The molecular weight excluding hydrogens is 182 g/mol. The van der Waals surface area contributed by atoms with Gasteiger partial charge in [0.05, 0.1) is 0 Å². The molecule has 0 bridgehead atoms. The van der Waals surface area contributed by atoms with Gasteiger partial charge in [-0.3, -0.25) is 0 Å². The average Bonchev–Trinajstić information content (AvgIpc) is 2.16. The van der Waals surface area contributed by atoms with Crippen LogP contribution in [0, 0.1) is 11.8 Å². The van der Waals surface area contributed by atoms with Crippen LogP contribution in [-0.2, 0) is 0 Å². The van der Waals surface area contributed by atoms with Gasteiger partial charge in [-0.15, -0.1) is 0 Å². The Morgan fingerprint density at radius 3 is 2.33 bits per heavy atom. The maximum atomic E-state index is 3.73. The highest BCUT2D eigenvalue weighted by Gasteiger charge is 2.23. The van der Waals surface area contributed by atoms with Crippen LogP contribution in [0.15, 0.2) is 0 Å². The Bertz CT molecular complexity index is 166. The fraction of sp³-hybridized carbons (Fsp3) is 1.00. The van der Waals surface area contributed by atoms with Crippen LogP contribution in [-0.4, -0.2) is 12.6 Å². The molecular formula is C14H27N. The molecule has 2 fully saturated rings. The van der Waals surface area contributed by atoms with Gasteiger partial charge in [-0.1, -0.05) is 38.5 Å². The maximum Gasteiger partial charge on any atom is 0.00669 e. The zero-order chi connectivity index (χ0) is 10.5. The standard InChI is InChI=1S/C14H27N/c1-12(14-8-5-9-14)15-11-10-13-6-3-2-4-7-13/h12-15H,2-11H2,1H3. The molecule has 0 saturated heterocycles. The summed E-state index contributed by atoms with van der Waals surface area (Å²) in [4.78, 5) is 0. The van der Waals surface area contributed by atoms with Gasteiger partial charge in [-0.2, -0.15) is 0 Å². The van der Waals surface area contributed by atoms with Crippen molar-refractivity contribution in [3.63, 3.8) is 0 Å². The van der Waals surface area contributed by atoms with Gasteiger partial charge in [0.25, 0.3) is 0 Å². The van der Waals surface area contributed by atoms with E-state index in [2.05, 4.69) is 12.2 Å². The van der Waals surface area contributed by atoms with E-state index in [4.69, 9.17) is 0 Å². The summed E-state index contributed by atoms with van der Waals surface area (Å²) in [6, 6.07) is 0.780. The number of hydrogen-bond acceptors (Lipinski definition) is 1. The second kappa shape index (κ2) is 5.89. The predicted molar refractivity (Wildman–Crippen MR) is 66.0 cm³/mol. The largest absolute Gasteiger partial charge is 0.314 e. The minimum atomic E-state index is 0.780. The summed E-state index contributed by atoms with van der Waals surface area (Å²) in [5.74, 6) is 2.04. The minimum Gasteiger partial charge on any atom is -0.314 e. The molecule has 1 nitrogen and oxygen atoms in total. The molecule has 0 radical (unpaired) electrons. The van der Waals surface area contributed by atoms with Crippen LogP contribution in [0.1, 0.15) is 64.7 Å². The molecule has 1 heteroatoms. The summed E-state index contributed by atoms with van der Waals surface area (Å²) in [5.41, 5.74) is 0. The Morgan fingerprint density at radius 2 is 1.73 bits per heavy atom. The van der Waals surface area contributed by atoms with E-state index >= 15 is 0 Å². The molecule has 2 aliphatic rings. The van der Waals surface area contributed by atoms with E-state index in [-0.39, 0.29) is 0 Å². The van der Waals surface area contributed by atoms with Crippen LogP contribution in [0.25, 0.3) is 0 Å². The summed E-state index contributed by atoms with van der Waals surface area (Å²) in [5, 5.41) is 3.73. The molecule has 0 aromatic carbocycles. The third-order valence-corrected chi connectivity index (χ3v) is 4.60. The Hall–Kier alpha value is -0.0400. The van der Waals surface area contributed by atoms with Crippen molar-refractivity contribution in [3.05, 3.63) is 0 Å². The molecule has 0 amide bonds. The Morgan fingerprint density at radius 1 is 1.00 bits per heavy atom. The minimum absolute atomic E-state index is 0.780. The molecule has 2 rings (SSSR count). The van der Waals surface area contributed by atoms with Crippen molar-refractivity contribution in [1.82, 2.24) is 5.32 Å². The van der Waals surface area contributed by atoms with Gasteiger partial charge in [-0.25, -0.2) is 0 Å². The number of rotatable bonds is 5. The molecule has 1 N–H and O–H groups in total. The van der Waals surface area contributed by atoms with E-state index in [1.807, 2.05) is 0 Å². The maximum absolute atomic E-state index is 3.73. The molecule has 1 unspecified atom stereocenters. The van der Waals surface area contributed by atoms with Crippen molar-refractivity contribution >= 4 is 0 Å². The van der Waals surface area contributed by atoms with Crippen molar-refractivity contribution < 1.29 is 0 Å². The van der Waals surface area contributed by atoms with Gasteiger partial charge < -0.3 is 5.32 Å². The molecule has 1 atom stereocenters. The molecule has 15 heavy (non-hydrogen) atoms. The van der Waals surface area contributed by atoms with Crippen molar-refractivity contribution in [1.29, 1.82) is 0 Å². The number of hydrogen-bond donors (Lipinski definition) is 1. The lowest BCUT2D eigenvalue weighted by Crippen LogP contribution is -2.38. The Balaban J connectivity index is 1.53. The van der Waals surface area contributed by atoms with Gasteiger partial charge in [-0.05, 0) is 44.6 Å². The monoisotopic (exact) mass is 209 g/mol. The summed E-state index contributed by atoms with van der Waals surface area (Å²) in [6.45, 7) is 3.65. The van der Waals surface area contributed by atoms with E-state index < -0.39 is 0 Å². The fourth-order valence-corrected chi connectivity index (χ4v) is 3.10. The molecule has 0 aromatic rings. The lowest BCUT2D eigenvalue weighted by atomic mass is 9.80. The van der Waals surface area contributed by atoms with Gasteiger partial charge in [0.1, 0.15) is 0 Å². The number of nitrogens with one attached hydrogen (secondary N) is 1. The zero-order valence-electron chi connectivity index (χ0n) is 10.3. The summed E-state index contributed by atoms with van der Waals surface area (Å²) < 4.78 is 0. The Kier molecular flexibility index (Phi) is 4.49. The summed E-state index contributed by atoms with van der Waals surface area (Å²) in [6.07, 6.45) is 13.3. The van der Waals surface area contributed by atoms with Crippen LogP contribution in [0.5, 0.6) is 0 Å². The van der Waals surface area contributed by atoms with E-state index in [9.17, 15) is 0 Å². The SMILES string of the molecule is CC(NCCC1CCCCC1)C1CCC1. The highest BCUT2D eigenvalue weighted by molar-refractivity contribution is 4.79. The predicted octanol–water partition coefficient (Wildman–Crippen LogP) is 3.74. The van der Waals surface area contributed by atoms with E-state index in [1.165, 1.54) is 64.3 Å². The summed E-state index contributed by atoms with van der Waals surface area (Å²) in [7, 11) is 0. The highest BCUT2D eigenvalue weighted by atomic mass is 14.9. The van der Waals surface area contributed by atoms with E-state index in [1.54, 1.807) is 0 Å². The van der Waals surface area contributed by atoms with Crippen molar-refractivity contribution in [2.45, 2.75) is 70.8 Å². The van der Waals surface area contributed by atoms with Crippen LogP contribution in [0.3, 0.4) is 0 Å². The molecule has 2 saturated carbocycles. The highest BCUT2D eigenvalue weighted by Crippen LogP contribution is 2.30. The lowest BCUT2D eigenvalue weighted by molar-refractivity contribution is 0.234. The van der Waals surface area contributed by atoms with Gasteiger partial charge in [0.15, 0.2) is 0 Å². The van der Waals surface area contributed by atoms with Crippen LogP contribution < -0.4 is 5.32 Å². The molecule has 88 valence electrons. The topological polar surface area (TPSA) is 12.0 Å². The molecule has 2 aliphatic carbocycles. The van der Waals surface area contributed by atoms with Crippen molar-refractivity contribution in [2.75, 3.05) is 6.54 Å². The third-order valence-electron chi connectivity index (χ3n) is 4.60. The van der Waals surface area contributed by atoms with Crippen molar-refractivity contribution in [3.8, 4) is 0 Å². The fourth-order valence-electron chi connectivity index (χ4n) is 3.10.